The first-order valence-electron chi connectivity index (χ1n) is 8.77. The van der Waals surface area contributed by atoms with Crippen LogP contribution < -0.4 is 10.1 Å². The molecule has 23 heavy (non-hydrogen) atoms. The number of carbonyl (C=O) groups is 1. The maximum Gasteiger partial charge on any atom is 0.238 e. The Hall–Kier alpha value is -1.55. The second kappa shape index (κ2) is 8.92. The molecule has 1 saturated carbocycles. The summed E-state index contributed by atoms with van der Waals surface area (Å²) in [5.41, 5.74) is 0.799. The van der Waals surface area contributed by atoms with Crippen molar-refractivity contribution < 1.29 is 9.53 Å². The monoisotopic (exact) mass is 318 g/mol. The molecular formula is C19H30N2O2. The predicted molar refractivity (Wildman–Crippen MR) is 94.9 cm³/mol. The Kier molecular flexibility index (Phi) is 6.90. The lowest BCUT2D eigenvalue weighted by Crippen LogP contribution is -2.39. The summed E-state index contributed by atoms with van der Waals surface area (Å²) in [5, 5.41) is 2.98. The summed E-state index contributed by atoms with van der Waals surface area (Å²) < 4.78 is 5.70. The smallest absolute Gasteiger partial charge is 0.238 e. The number of nitrogens with zero attached hydrogens (tertiary/aromatic N) is 1. The molecule has 1 fully saturated rings. The van der Waals surface area contributed by atoms with E-state index in [2.05, 4.69) is 31.1 Å². The van der Waals surface area contributed by atoms with Crippen LogP contribution >= 0.6 is 0 Å². The first-order chi connectivity index (χ1) is 11.0. The van der Waals surface area contributed by atoms with Crippen molar-refractivity contribution in [2.45, 2.75) is 52.0 Å². The van der Waals surface area contributed by atoms with Gasteiger partial charge in [0.15, 0.2) is 0 Å². The fourth-order valence-electron chi connectivity index (χ4n) is 3.00. The third-order valence-electron chi connectivity index (χ3n) is 4.29. The van der Waals surface area contributed by atoms with Gasteiger partial charge < -0.3 is 10.1 Å². The van der Waals surface area contributed by atoms with Gasteiger partial charge in [0.05, 0.1) is 13.2 Å². The van der Waals surface area contributed by atoms with Crippen molar-refractivity contribution in [3.63, 3.8) is 0 Å². The molecule has 0 aliphatic heterocycles. The number of ether oxygens (including phenoxy) is 1. The zero-order valence-corrected chi connectivity index (χ0v) is 14.7. The van der Waals surface area contributed by atoms with Gasteiger partial charge in [-0.1, -0.05) is 39.2 Å². The molecule has 1 aromatic carbocycles. The first-order valence-corrected chi connectivity index (χ1v) is 8.77. The maximum atomic E-state index is 12.2. The van der Waals surface area contributed by atoms with Crippen LogP contribution in [0.3, 0.4) is 0 Å². The lowest BCUT2D eigenvalue weighted by atomic mass is 9.94. The van der Waals surface area contributed by atoms with E-state index in [-0.39, 0.29) is 5.91 Å². The molecule has 1 N–H and O–H groups in total. The number of hydrogen-bond acceptors (Lipinski definition) is 3. The Morgan fingerprint density at radius 1 is 1.30 bits per heavy atom. The summed E-state index contributed by atoms with van der Waals surface area (Å²) in [6.45, 7) is 5.36. The summed E-state index contributed by atoms with van der Waals surface area (Å²) in [5.74, 6) is 1.33. The van der Waals surface area contributed by atoms with Crippen molar-refractivity contribution in [1.29, 1.82) is 0 Å². The molecule has 1 aliphatic carbocycles. The molecule has 4 nitrogen and oxygen atoms in total. The predicted octanol–water partition coefficient (Wildman–Crippen LogP) is 3.92. The van der Waals surface area contributed by atoms with E-state index in [0.717, 1.165) is 11.4 Å². The number of rotatable bonds is 7. The van der Waals surface area contributed by atoms with E-state index in [4.69, 9.17) is 4.74 Å². The number of benzene rings is 1. The normalized spacial score (nSPS) is 15.9. The first kappa shape index (κ1) is 17.8. The highest BCUT2D eigenvalue weighted by atomic mass is 16.5. The van der Waals surface area contributed by atoms with E-state index in [1.54, 1.807) is 0 Å². The second-order valence-electron chi connectivity index (χ2n) is 6.99. The molecule has 0 radical (unpaired) electrons. The molecule has 1 amide bonds. The van der Waals surface area contributed by atoms with E-state index in [1.165, 1.54) is 32.1 Å². The summed E-state index contributed by atoms with van der Waals surface area (Å²) in [6.07, 6.45) is 6.32. The molecule has 0 aromatic heterocycles. The molecule has 0 heterocycles. The van der Waals surface area contributed by atoms with E-state index in [9.17, 15) is 4.79 Å². The molecule has 0 atom stereocenters. The molecule has 0 spiro atoms. The molecule has 1 aliphatic rings. The van der Waals surface area contributed by atoms with Crippen molar-refractivity contribution in [1.82, 2.24) is 4.90 Å². The van der Waals surface area contributed by atoms with Gasteiger partial charge >= 0.3 is 0 Å². The van der Waals surface area contributed by atoms with Crippen LogP contribution in [0.5, 0.6) is 5.75 Å². The van der Waals surface area contributed by atoms with Gasteiger partial charge in [-0.3, -0.25) is 9.69 Å². The maximum absolute atomic E-state index is 12.2. The summed E-state index contributed by atoms with van der Waals surface area (Å²) in [7, 11) is 2.05. The highest BCUT2D eigenvalue weighted by Crippen LogP contribution is 2.22. The van der Waals surface area contributed by atoms with Crippen LogP contribution in [0.1, 0.15) is 46.0 Å². The van der Waals surface area contributed by atoms with Gasteiger partial charge in [0, 0.05) is 17.8 Å². The van der Waals surface area contributed by atoms with Crippen LogP contribution in [0.4, 0.5) is 5.69 Å². The van der Waals surface area contributed by atoms with E-state index < -0.39 is 0 Å². The minimum atomic E-state index is 0.0408. The summed E-state index contributed by atoms with van der Waals surface area (Å²) >= 11 is 0. The van der Waals surface area contributed by atoms with Gasteiger partial charge in [-0.15, -0.1) is 0 Å². The van der Waals surface area contributed by atoms with Gasteiger partial charge in [-0.2, -0.15) is 0 Å². The Morgan fingerprint density at radius 3 is 2.74 bits per heavy atom. The van der Waals surface area contributed by atoms with Crippen molar-refractivity contribution >= 4 is 11.6 Å². The minimum Gasteiger partial charge on any atom is -0.493 e. The third-order valence-corrected chi connectivity index (χ3v) is 4.29. The molecular weight excluding hydrogens is 288 g/mol. The lowest BCUT2D eigenvalue weighted by molar-refractivity contribution is -0.117. The molecule has 0 bridgehead atoms. The summed E-state index contributed by atoms with van der Waals surface area (Å²) in [4.78, 5) is 14.4. The molecule has 4 heteroatoms. The van der Waals surface area contributed by atoms with Crippen LogP contribution in [0.2, 0.25) is 0 Å². The SMILES string of the molecule is CC(C)COc1cccc(NC(=O)CN(C)C2CCCCC2)c1. The summed E-state index contributed by atoms with van der Waals surface area (Å²) in [6, 6.07) is 8.18. The zero-order valence-electron chi connectivity index (χ0n) is 14.7. The number of nitrogens with one attached hydrogen (secondary N) is 1. The highest BCUT2D eigenvalue weighted by Gasteiger charge is 2.19. The van der Waals surface area contributed by atoms with E-state index in [1.807, 2.05) is 24.3 Å². The van der Waals surface area contributed by atoms with Crippen LogP contribution in [-0.2, 0) is 4.79 Å². The fourth-order valence-corrected chi connectivity index (χ4v) is 3.00. The molecule has 0 saturated heterocycles. The van der Waals surface area contributed by atoms with E-state index in [0.29, 0.717) is 25.1 Å². The highest BCUT2D eigenvalue weighted by molar-refractivity contribution is 5.92. The Balaban J connectivity index is 1.83. The largest absolute Gasteiger partial charge is 0.493 e. The number of amides is 1. The zero-order chi connectivity index (χ0) is 16.7. The van der Waals surface area contributed by atoms with Crippen molar-refractivity contribution in [2.75, 3.05) is 25.5 Å². The Bertz CT molecular complexity index is 496. The van der Waals surface area contributed by atoms with Gasteiger partial charge in [-0.05, 0) is 37.9 Å². The van der Waals surface area contributed by atoms with Crippen LogP contribution in [0.15, 0.2) is 24.3 Å². The van der Waals surface area contributed by atoms with E-state index >= 15 is 0 Å². The molecule has 0 unspecified atom stereocenters. The van der Waals surface area contributed by atoms with Crippen molar-refractivity contribution in [3.8, 4) is 5.75 Å². The fraction of sp³-hybridized carbons (Fsp3) is 0.632. The minimum absolute atomic E-state index is 0.0408. The average molecular weight is 318 g/mol. The van der Waals surface area contributed by atoms with Gasteiger partial charge in [0.1, 0.15) is 5.75 Å². The van der Waals surface area contributed by atoms with Crippen molar-refractivity contribution in [3.05, 3.63) is 24.3 Å². The Morgan fingerprint density at radius 2 is 2.04 bits per heavy atom. The second-order valence-corrected chi connectivity index (χ2v) is 6.99. The standard InChI is InChI=1S/C19H30N2O2/c1-15(2)14-23-18-11-7-8-16(12-18)20-19(22)13-21(3)17-9-5-4-6-10-17/h7-8,11-12,15,17H,4-6,9-10,13-14H2,1-3H3,(H,20,22). The molecule has 1 aromatic rings. The number of likely N-dealkylation sites (N-methyl/N-ethyl adjacent to an activating group) is 1. The average Bonchev–Trinajstić information content (AvgIpc) is 2.54. The molecule has 2 rings (SSSR count). The Labute approximate surface area is 140 Å². The quantitative estimate of drug-likeness (QED) is 0.828. The van der Waals surface area contributed by atoms with Gasteiger partial charge in [0.2, 0.25) is 5.91 Å². The van der Waals surface area contributed by atoms with Crippen LogP contribution in [-0.4, -0.2) is 37.0 Å². The number of anilines is 1. The topological polar surface area (TPSA) is 41.6 Å². The van der Waals surface area contributed by atoms with Crippen molar-refractivity contribution in [2.24, 2.45) is 5.92 Å². The number of carbonyl (C=O) groups excluding carboxylic acids is 1. The third kappa shape index (κ3) is 6.22. The van der Waals surface area contributed by atoms with Gasteiger partial charge in [-0.25, -0.2) is 0 Å². The molecule has 128 valence electrons. The van der Waals surface area contributed by atoms with Crippen LogP contribution in [0, 0.1) is 5.92 Å². The van der Waals surface area contributed by atoms with Gasteiger partial charge in [0.25, 0.3) is 0 Å². The van der Waals surface area contributed by atoms with Crippen LogP contribution in [0.25, 0.3) is 0 Å². The number of hydrogen-bond donors (Lipinski definition) is 1. The lowest BCUT2D eigenvalue weighted by Gasteiger charge is -2.30.